The molecule has 3 aromatic rings. The zero-order valence-corrected chi connectivity index (χ0v) is 17.6. The largest absolute Gasteiger partial charge is 0.378 e. The van der Waals surface area contributed by atoms with Gasteiger partial charge >= 0.3 is 0 Å². The van der Waals surface area contributed by atoms with Crippen molar-refractivity contribution in [3.05, 3.63) is 60.3 Å². The van der Waals surface area contributed by atoms with Crippen LogP contribution in [0.2, 0.25) is 0 Å². The van der Waals surface area contributed by atoms with Crippen LogP contribution in [0.5, 0.6) is 0 Å². The molecule has 2 aromatic carbocycles. The van der Waals surface area contributed by atoms with Gasteiger partial charge in [-0.15, -0.1) is 0 Å². The first-order chi connectivity index (χ1) is 13.7. The van der Waals surface area contributed by atoms with E-state index in [4.69, 9.17) is 0 Å². The van der Waals surface area contributed by atoms with Crippen molar-refractivity contribution in [2.45, 2.75) is 24.0 Å². The number of aromatic amines is 1. The summed E-state index contributed by atoms with van der Waals surface area (Å²) in [6.07, 6.45) is 0. The smallest absolute Gasteiger partial charge is 0.273 e. The highest BCUT2D eigenvalue weighted by atomic mass is 32.2. The molecule has 0 aliphatic rings. The van der Waals surface area contributed by atoms with Crippen LogP contribution in [0.4, 0.5) is 11.4 Å². The quantitative estimate of drug-likeness (QED) is 0.645. The van der Waals surface area contributed by atoms with E-state index in [2.05, 4.69) is 15.5 Å². The number of H-pyrrole nitrogens is 1. The molecule has 3 rings (SSSR count). The minimum atomic E-state index is -3.32. The van der Waals surface area contributed by atoms with Crippen molar-refractivity contribution in [3.63, 3.8) is 0 Å². The molecule has 0 saturated heterocycles. The van der Waals surface area contributed by atoms with Crippen LogP contribution in [0.25, 0.3) is 11.3 Å². The van der Waals surface area contributed by atoms with Crippen molar-refractivity contribution in [2.24, 2.45) is 0 Å². The fraction of sp³-hybridized carbons (Fsp3) is 0.238. The lowest BCUT2D eigenvalue weighted by Gasteiger charge is -2.12. The fourth-order valence-electron chi connectivity index (χ4n) is 2.71. The average molecular weight is 413 g/mol. The van der Waals surface area contributed by atoms with Crippen molar-refractivity contribution in [1.82, 2.24) is 10.2 Å². The van der Waals surface area contributed by atoms with Crippen LogP contribution in [0, 0.1) is 0 Å². The second-order valence-corrected chi connectivity index (χ2v) is 9.68. The molecule has 7 nitrogen and oxygen atoms in total. The number of hydrogen-bond donors (Lipinski definition) is 2. The average Bonchev–Trinajstić information content (AvgIpc) is 3.19. The van der Waals surface area contributed by atoms with Gasteiger partial charge in [-0.3, -0.25) is 9.89 Å². The van der Waals surface area contributed by atoms with E-state index < -0.39 is 15.1 Å². The number of aromatic nitrogens is 2. The lowest BCUT2D eigenvalue weighted by atomic mass is 10.1. The van der Waals surface area contributed by atoms with Crippen LogP contribution < -0.4 is 10.2 Å². The molecule has 0 atom stereocenters. The van der Waals surface area contributed by atoms with Crippen LogP contribution >= 0.6 is 0 Å². The van der Waals surface area contributed by atoms with Crippen LogP contribution in [-0.4, -0.2) is 43.9 Å². The molecule has 0 spiro atoms. The van der Waals surface area contributed by atoms with Crippen molar-refractivity contribution >= 4 is 27.1 Å². The number of amides is 1. The van der Waals surface area contributed by atoms with E-state index in [1.165, 1.54) is 0 Å². The van der Waals surface area contributed by atoms with Crippen molar-refractivity contribution in [3.8, 4) is 11.3 Å². The highest BCUT2D eigenvalue weighted by molar-refractivity contribution is 7.92. The predicted molar refractivity (Wildman–Crippen MR) is 115 cm³/mol. The number of rotatable bonds is 6. The van der Waals surface area contributed by atoms with E-state index >= 15 is 0 Å². The first kappa shape index (κ1) is 20.6. The van der Waals surface area contributed by atoms with E-state index in [1.54, 1.807) is 44.2 Å². The molecule has 8 heteroatoms. The summed E-state index contributed by atoms with van der Waals surface area (Å²) in [6.45, 7) is 3.30. The zero-order chi connectivity index (χ0) is 21.2. The number of anilines is 2. The van der Waals surface area contributed by atoms with Crippen LogP contribution in [-0.2, 0) is 9.84 Å². The summed E-state index contributed by atoms with van der Waals surface area (Å²) in [4.78, 5) is 14.7. The Hall–Kier alpha value is -3.13. The summed E-state index contributed by atoms with van der Waals surface area (Å²) in [5.74, 6) is -0.305. The van der Waals surface area contributed by atoms with Crippen LogP contribution in [0.1, 0.15) is 24.3 Å². The first-order valence-corrected chi connectivity index (χ1v) is 10.7. The minimum absolute atomic E-state index is 0.269. The number of hydrogen-bond acceptors (Lipinski definition) is 5. The molecule has 1 aromatic heterocycles. The lowest BCUT2D eigenvalue weighted by molar-refractivity contribution is 0.102. The summed E-state index contributed by atoms with van der Waals surface area (Å²) in [5.41, 5.74) is 3.32. The monoisotopic (exact) mass is 412 g/mol. The number of nitrogens with zero attached hydrogens (tertiary/aromatic N) is 2. The number of carbonyl (C=O) groups excluding carboxylic acids is 1. The molecule has 152 valence electrons. The van der Waals surface area contributed by atoms with Crippen LogP contribution in [0.3, 0.4) is 0 Å². The van der Waals surface area contributed by atoms with E-state index in [0.29, 0.717) is 17.1 Å². The Labute approximate surface area is 170 Å². The third-order valence-electron chi connectivity index (χ3n) is 4.56. The normalized spacial score (nSPS) is 11.5. The second kappa shape index (κ2) is 8.08. The van der Waals surface area contributed by atoms with Gasteiger partial charge in [0.25, 0.3) is 5.91 Å². The van der Waals surface area contributed by atoms with Gasteiger partial charge in [0, 0.05) is 31.0 Å². The Kier molecular flexibility index (Phi) is 5.74. The zero-order valence-electron chi connectivity index (χ0n) is 16.8. The van der Waals surface area contributed by atoms with Crippen molar-refractivity contribution in [1.29, 1.82) is 0 Å². The van der Waals surface area contributed by atoms with Gasteiger partial charge in [0.2, 0.25) is 0 Å². The molecule has 1 amide bonds. The molecular formula is C21H24N4O3S. The molecule has 1 heterocycles. The number of carbonyl (C=O) groups is 1. The highest BCUT2D eigenvalue weighted by Crippen LogP contribution is 2.23. The Morgan fingerprint density at radius 2 is 1.66 bits per heavy atom. The van der Waals surface area contributed by atoms with Crippen LogP contribution in [0.15, 0.2) is 59.5 Å². The first-order valence-electron chi connectivity index (χ1n) is 9.17. The Morgan fingerprint density at radius 1 is 1.03 bits per heavy atom. The van der Waals surface area contributed by atoms with Gasteiger partial charge in [-0.25, -0.2) is 8.42 Å². The number of benzene rings is 2. The van der Waals surface area contributed by atoms with Gasteiger partial charge in [0.1, 0.15) is 5.69 Å². The molecular weight excluding hydrogens is 388 g/mol. The molecule has 0 aliphatic carbocycles. The maximum atomic E-state index is 12.5. The van der Waals surface area contributed by atoms with Gasteiger partial charge < -0.3 is 10.2 Å². The molecule has 2 N–H and O–H groups in total. The van der Waals surface area contributed by atoms with Crippen molar-refractivity contribution < 1.29 is 13.2 Å². The van der Waals surface area contributed by atoms with Crippen molar-refractivity contribution in [2.75, 3.05) is 24.3 Å². The molecule has 29 heavy (non-hydrogen) atoms. The Bertz CT molecular complexity index is 1100. The Balaban J connectivity index is 1.74. The summed E-state index contributed by atoms with van der Waals surface area (Å²) in [7, 11) is 0.575. The maximum absolute atomic E-state index is 12.5. The van der Waals surface area contributed by atoms with E-state index in [-0.39, 0.29) is 10.8 Å². The molecule has 0 unspecified atom stereocenters. The molecule has 0 bridgehead atoms. The molecule has 0 fully saturated rings. The Morgan fingerprint density at radius 3 is 2.21 bits per heavy atom. The number of nitrogens with one attached hydrogen (secondary N) is 2. The third-order valence-corrected chi connectivity index (χ3v) is 6.73. The van der Waals surface area contributed by atoms with Gasteiger partial charge in [0.05, 0.1) is 15.8 Å². The summed E-state index contributed by atoms with van der Waals surface area (Å²) in [6, 6.07) is 15.6. The topological polar surface area (TPSA) is 95.2 Å². The van der Waals surface area contributed by atoms with Gasteiger partial charge in [-0.05, 0) is 56.3 Å². The minimum Gasteiger partial charge on any atom is -0.378 e. The fourth-order valence-corrected chi connectivity index (χ4v) is 3.77. The summed E-state index contributed by atoms with van der Waals surface area (Å²) in [5, 5.41) is 9.24. The van der Waals surface area contributed by atoms with E-state index in [0.717, 1.165) is 11.3 Å². The third kappa shape index (κ3) is 4.48. The lowest BCUT2D eigenvalue weighted by Crippen LogP contribution is -2.13. The van der Waals surface area contributed by atoms with Gasteiger partial charge in [-0.2, -0.15) is 5.10 Å². The number of sulfone groups is 1. The molecule has 0 radical (unpaired) electrons. The van der Waals surface area contributed by atoms with Gasteiger partial charge in [-0.1, -0.05) is 12.1 Å². The summed E-state index contributed by atoms with van der Waals surface area (Å²) >= 11 is 0. The molecule has 0 aliphatic heterocycles. The van der Waals surface area contributed by atoms with Gasteiger partial charge in [0.15, 0.2) is 9.84 Å². The van der Waals surface area contributed by atoms with E-state index in [9.17, 15) is 13.2 Å². The SMILES string of the molecule is CC(C)S(=O)(=O)c1ccc(-c2cc(C(=O)Nc3ccc(N(C)C)cc3)[nH]n2)cc1. The molecule has 0 saturated carbocycles. The second-order valence-electron chi connectivity index (χ2n) is 7.18. The predicted octanol–water partition coefficient (Wildman–Crippen LogP) is 3.58. The standard InChI is InChI=1S/C21H24N4O3S/c1-14(2)29(27,28)18-11-5-15(6-12-18)19-13-20(24-23-19)21(26)22-16-7-9-17(10-8-16)25(3)4/h5-14H,1-4H3,(H,22,26)(H,23,24). The maximum Gasteiger partial charge on any atom is 0.273 e. The highest BCUT2D eigenvalue weighted by Gasteiger charge is 2.19. The van der Waals surface area contributed by atoms with E-state index in [1.807, 2.05) is 43.3 Å². The summed E-state index contributed by atoms with van der Waals surface area (Å²) < 4.78 is 24.5.